The molecule has 0 unspecified atom stereocenters. The molecule has 0 saturated carbocycles. The zero-order valence-electron chi connectivity index (χ0n) is 14.2. The van der Waals surface area contributed by atoms with Gasteiger partial charge in [-0.2, -0.15) is 12.7 Å². The standard InChI is InChI=1S/C15H24FN3O4S/c1-4-23-11-5-10-17-15(20)12-19(24(21,22)18(2)3)14-8-6-13(16)7-9-14/h6-9H,4-5,10-12H2,1-3H3,(H,17,20). The van der Waals surface area contributed by atoms with E-state index in [0.29, 0.717) is 26.2 Å². The SMILES string of the molecule is CCOCCCNC(=O)CN(c1ccc(F)cc1)S(=O)(=O)N(C)C. The first-order valence-corrected chi connectivity index (χ1v) is 8.99. The average Bonchev–Trinajstić information content (AvgIpc) is 2.53. The second kappa shape index (κ2) is 9.55. The summed E-state index contributed by atoms with van der Waals surface area (Å²) < 4.78 is 45.0. The highest BCUT2D eigenvalue weighted by molar-refractivity contribution is 7.90. The van der Waals surface area contributed by atoms with E-state index in [1.807, 2.05) is 6.92 Å². The third kappa shape index (κ3) is 6.06. The van der Waals surface area contributed by atoms with Gasteiger partial charge in [-0.05, 0) is 37.6 Å². The van der Waals surface area contributed by atoms with Gasteiger partial charge in [0, 0.05) is 33.9 Å². The van der Waals surface area contributed by atoms with Gasteiger partial charge in [0.25, 0.3) is 0 Å². The molecule has 1 aromatic carbocycles. The van der Waals surface area contributed by atoms with Crippen LogP contribution < -0.4 is 9.62 Å². The third-order valence-corrected chi connectivity index (χ3v) is 4.95. The van der Waals surface area contributed by atoms with Crippen LogP contribution >= 0.6 is 0 Å². The number of nitrogens with zero attached hydrogens (tertiary/aromatic N) is 2. The van der Waals surface area contributed by atoms with E-state index in [9.17, 15) is 17.6 Å². The first-order valence-electron chi connectivity index (χ1n) is 7.59. The monoisotopic (exact) mass is 361 g/mol. The van der Waals surface area contributed by atoms with Gasteiger partial charge in [0.05, 0.1) is 5.69 Å². The largest absolute Gasteiger partial charge is 0.382 e. The van der Waals surface area contributed by atoms with Crippen LogP contribution in [0.15, 0.2) is 24.3 Å². The molecule has 1 aromatic rings. The molecule has 1 rings (SSSR count). The lowest BCUT2D eigenvalue weighted by Gasteiger charge is -2.26. The zero-order valence-corrected chi connectivity index (χ0v) is 15.0. The summed E-state index contributed by atoms with van der Waals surface area (Å²) in [5.74, 6) is -0.928. The Morgan fingerprint density at radius 2 is 1.88 bits per heavy atom. The van der Waals surface area contributed by atoms with Gasteiger partial charge < -0.3 is 10.1 Å². The smallest absolute Gasteiger partial charge is 0.304 e. The molecule has 1 amide bonds. The van der Waals surface area contributed by atoms with Crippen LogP contribution in [0.5, 0.6) is 0 Å². The lowest BCUT2D eigenvalue weighted by atomic mass is 10.3. The number of hydrogen-bond donors (Lipinski definition) is 1. The van der Waals surface area contributed by atoms with Crippen LogP contribution in [0.4, 0.5) is 10.1 Å². The van der Waals surface area contributed by atoms with Gasteiger partial charge in [-0.25, -0.2) is 8.70 Å². The van der Waals surface area contributed by atoms with E-state index < -0.39 is 21.9 Å². The molecule has 0 radical (unpaired) electrons. The van der Waals surface area contributed by atoms with Gasteiger partial charge >= 0.3 is 10.2 Å². The minimum atomic E-state index is -3.88. The molecule has 0 saturated heterocycles. The molecule has 0 atom stereocenters. The number of carbonyl (C=O) groups is 1. The van der Waals surface area contributed by atoms with Crippen molar-refractivity contribution in [1.29, 1.82) is 0 Å². The Bertz CT molecular complexity index is 620. The van der Waals surface area contributed by atoms with Crippen LogP contribution in [-0.2, 0) is 19.7 Å². The van der Waals surface area contributed by atoms with E-state index in [4.69, 9.17) is 4.74 Å². The summed E-state index contributed by atoms with van der Waals surface area (Å²) in [6, 6.07) is 4.93. The van der Waals surface area contributed by atoms with Crippen molar-refractivity contribution in [3.05, 3.63) is 30.1 Å². The maximum absolute atomic E-state index is 13.1. The Morgan fingerprint density at radius 3 is 2.42 bits per heavy atom. The first kappa shape index (κ1) is 20.3. The van der Waals surface area contributed by atoms with Crippen LogP contribution in [0.25, 0.3) is 0 Å². The molecule has 0 heterocycles. The van der Waals surface area contributed by atoms with E-state index in [0.717, 1.165) is 20.7 Å². The summed E-state index contributed by atoms with van der Waals surface area (Å²) >= 11 is 0. The molecule has 0 aliphatic carbocycles. The highest BCUT2D eigenvalue weighted by Crippen LogP contribution is 2.19. The van der Waals surface area contributed by atoms with Crippen LogP contribution in [0.3, 0.4) is 0 Å². The minimum Gasteiger partial charge on any atom is -0.382 e. The van der Waals surface area contributed by atoms with Crippen LogP contribution in [0.2, 0.25) is 0 Å². The molecule has 0 aromatic heterocycles. The lowest BCUT2D eigenvalue weighted by Crippen LogP contribution is -2.46. The van der Waals surface area contributed by atoms with Crippen molar-refractivity contribution in [2.75, 3.05) is 44.7 Å². The molecule has 0 spiro atoms. The normalized spacial score (nSPS) is 11.5. The molecular weight excluding hydrogens is 337 g/mol. The predicted molar refractivity (Wildman–Crippen MR) is 90.5 cm³/mol. The fourth-order valence-electron chi connectivity index (χ4n) is 1.84. The highest BCUT2D eigenvalue weighted by Gasteiger charge is 2.27. The molecule has 7 nitrogen and oxygen atoms in total. The fraction of sp³-hybridized carbons (Fsp3) is 0.533. The van der Waals surface area contributed by atoms with Crippen molar-refractivity contribution < 1.29 is 22.3 Å². The molecule has 0 bridgehead atoms. The summed E-state index contributed by atoms with van der Waals surface area (Å²) in [5.41, 5.74) is 0.217. The number of rotatable bonds is 10. The molecule has 136 valence electrons. The van der Waals surface area contributed by atoms with Gasteiger partial charge in [-0.15, -0.1) is 0 Å². The topological polar surface area (TPSA) is 79.0 Å². The van der Waals surface area contributed by atoms with Gasteiger partial charge in [0.15, 0.2) is 0 Å². The van der Waals surface area contributed by atoms with E-state index in [1.54, 1.807) is 0 Å². The van der Waals surface area contributed by atoms with Crippen molar-refractivity contribution in [3.8, 4) is 0 Å². The van der Waals surface area contributed by atoms with Crippen molar-refractivity contribution >= 4 is 21.8 Å². The molecule has 0 aliphatic rings. The molecule has 0 aliphatic heterocycles. The number of ether oxygens (including phenoxy) is 1. The fourth-order valence-corrected chi connectivity index (χ4v) is 2.91. The number of nitrogens with one attached hydrogen (secondary N) is 1. The van der Waals surface area contributed by atoms with Gasteiger partial charge in [0.2, 0.25) is 5.91 Å². The number of hydrogen-bond acceptors (Lipinski definition) is 4. The van der Waals surface area contributed by atoms with Gasteiger partial charge in [-0.1, -0.05) is 0 Å². The summed E-state index contributed by atoms with van der Waals surface area (Å²) in [7, 11) is -1.15. The Hall–Kier alpha value is -1.71. The van der Waals surface area contributed by atoms with Crippen molar-refractivity contribution in [2.45, 2.75) is 13.3 Å². The summed E-state index contributed by atoms with van der Waals surface area (Å²) in [4.78, 5) is 12.0. The van der Waals surface area contributed by atoms with E-state index in [2.05, 4.69) is 5.32 Å². The quantitative estimate of drug-likeness (QED) is 0.630. The number of amides is 1. The van der Waals surface area contributed by atoms with E-state index >= 15 is 0 Å². The molecule has 1 N–H and O–H groups in total. The van der Waals surface area contributed by atoms with Crippen LogP contribution in [0, 0.1) is 5.82 Å². The van der Waals surface area contributed by atoms with Gasteiger partial charge in [-0.3, -0.25) is 4.79 Å². The predicted octanol–water partition coefficient (Wildman–Crippen LogP) is 0.981. The van der Waals surface area contributed by atoms with Crippen LogP contribution in [0.1, 0.15) is 13.3 Å². The zero-order chi connectivity index (χ0) is 18.2. The number of carbonyl (C=O) groups excluding carboxylic acids is 1. The summed E-state index contributed by atoms with van der Waals surface area (Å²) in [6.45, 7) is 3.01. The second-order valence-electron chi connectivity index (χ2n) is 5.17. The number of halogens is 1. The Balaban J connectivity index is 2.80. The Labute approximate surface area is 142 Å². The summed E-state index contributed by atoms with van der Waals surface area (Å²) in [6.07, 6.45) is 0.635. The van der Waals surface area contributed by atoms with Crippen molar-refractivity contribution in [2.24, 2.45) is 0 Å². The number of anilines is 1. The number of benzene rings is 1. The average molecular weight is 361 g/mol. The highest BCUT2D eigenvalue weighted by atomic mass is 32.2. The Kier molecular flexibility index (Phi) is 8.09. The van der Waals surface area contributed by atoms with E-state index in [1.165, 1.54) is 26.2 Å². The molecule has 0 fully saturated rings. The maximum atomic E-state index is 13.1. The molecule has 9 heteroatoms. The van der Waals surface area contributed by atoms with Gasteiger partial charge in [0.1, 0.15) is 12.4 Å². The molecule has 24 heavy (non-hydrogen) atoms. The van der Waals surface area contributed by atoms with Crippen LogP contribution in [-0.4, -0.2) is 59.0 Å². The minimum absolute atomic E-state index is 0.217. The Morgan fingerprint density at radius 1 is 1.25 bits per heavy atom. The van der Waals surface area contributed by atoms with Crippen molar-refractivity contribution in [1.82, 2.24) is 9.62 Å². The lowest BCUT2D eigenvalue weighted by molar-refractivity contribution is -0.119. The van der Waals surface area contributed by atoms with E-state index in [-0.39, 0.29) is 12.2 Å². The summed E-state index contributed by atoms with van der Waals surface area (Å²) in [5, 5.41) is 2.65. The second-order valence-corrected chi connectivity index (χ2v) is 7.24. The maximum Gasteiger partial charge on any atom is 0.304 e. The molecular formula is C15H24FN3O4S. The van der Waals surface area contributed by atoms with Crippen molar-refractivity contribution in [3.63, 3.8) is 0 Å². The third-order valence-electron chi connectivity index (χ3n) is 3.13. The first-order chi connectivity index (χ1) is 11.3.